The van der Waals surface area contributed by atoms with E-state index in [-0.39, 0.29) is 30.2 Å². The Morgan fingerprint density at radius 1 is 1.12 bits per heavy atom. The van der Waals surface area contributed by atoms with Crippen LogP contribution in [0.5, 0.6) is 5.88 Å². The van der Waals surface area contributed by atoms with Gasteiger partial charge in [0.15, 0.2) is 6.73 Å². The lowest BCUT2D eigenvalue weighted by molar-refractivity contribution is 0.0204. The van der Waals surface area contributed by atoms with Gasteiger partial charge >= 0.3 is 6.09 Å². The van der Waals surface area contributed by atoms with Crippen LogP contribution in [0.2, 0.25) is 10.0 Å². The van der Waals surface area contributed by atoms with Gasteiger partial charge in [-0.15, -0.1) is 0 Å². The fourth-order valence-electron chi connectivity index (χ4n) is 4.97. The SMILES string of the molecule is Cc1cc(Nc2ncc3c(n2)OCN(c2c(Cl)cccc2Cl)C3=O)ccc1C1CCN(C(=O)OC(C)(C)C)CC1. The van der Waals surface area contributed by atoms with Crippen LogP contribution in [0.1, 0.15) is 61.0 Å². The van der Waals surface area contributed by atoms with Crippen LogP contribution in [-0.4, -0.2) is 52.3 Å². The van der Waals surface area contributed by atoms with Crippen LogP contribution >= 0.6 is 23.2 Å². The Hall–Kier alpha value is -3.56. The van der Waals surface area contributed by atoms with Gasteiger partial charge in [-0.25, -0.2) is 9.78 Å². The summed E-state index contributed by atoms with van der Waals surface area (Å²) >= 11 is 12.6. The van der Waals surface area contributed by atoms with E-state index in [1.165, 1.54) is 16.7 Å². The Morgan fingerprint density at radius 3 is 2.48 bits per heavy atom. The number of amides is 2. The molecule has 0 unspecified atom stereocenters. The van der Waals surface area contributed by atoms with Crippen LogP contribution in [0.15, 0.2) is 42.6 Å². The highest BCUT2D eigenvalue weighted by atomic mass is 35.5. The number of para-hydroxylation sites is 1. The van der Waals surface area contributed by atoms with E-state index in [0.29, 0.717) is 40.7 Å². The van der Waals surface area contributed by atoms with Gasteiger partial charge in [-0.05, 0) is 81.8 Å². The van der Waals surface area contributed by atoms with Crippen LogP contribution in [0.3, 0.4) is 0 Å². The number of carbonyl (C=O) groups excluding carboxylic acids is 2. The molecule has 1 saturated heterocycles. The molecule has 3 aromatic rings. The molecule has 5 rings (SSSR count). The van der Waals surface area contributed by atoms with E-state index in [9.17, 15) is 9.59 Å². The minimum absolute atomic E-state index is 0.0771. The van der Waals surface area contributed by atoms with Crippen LogP contribution < -0.4 is 15.0 Å². The first kappa shape index (κ1) is 28.0. The average Bonchev–Trinajstić information content (AvgIpc) is 2.89. The first-order valence-electron chi connectivity index (χ1n) is 13.1. The molecule has 9 nitrogen and oxygen atoms in total. The molecule has 1 N–H and O–H groups in total. The van der Waals surface area contributed by atoms with E-state index in [1.54, 1.807) is 23.1 Å². The summed E-state index contributed by atoms with van der Waals surface area (Å²) in [6.07, 6.45) is 2.94. The average molecular weight is 585 g/mol. The first-order chi connectivity index (χ1) is 19.0. The fourth-order valence-corrected chi connectivity index (χ4v) is 5.57. The topological polar surface area (TPSA) is 96.9 Å². The quantitative estimate of drug-likeness (QED) is 0.355. The predicted octanol–water partition coefficient (Wildman–Crippen LogP) is 6.95. The Morgan fingerprint density at radius 2 is 1.82 bits per heavy atom. The summed E-state index contributed by atoms with van der Waals surface area (Å²) in [4.78, 5) is 37.4. The predicted molar refractivity (Wildman–Crippen MR) is 155 cm³/mol. The first-order valence-corrected chi connectivity index (χ1v) is 13.9. The zero-order chi connectivity index (χ0) is 28.6. The number of fused-ring (bicyclic) bond motifs is 1. The number of hydrogen-bond acceptors (Lipinski definition) is 7. The lowest BCUT2D eigenvalue weighted by atomic mass is 9.87. The number of nitrogens with zero attached hydrogens (tertiary/aromatic N) is 4. The molecule has 0 saturated carbocycles. The number of aromatic nitrogens is 2. The molecule has 2 amide bonds. The largest absolute Gasteiger partial charge is 0.455 e. The van der Waals surface area contributed by atoms with Crippen molar-refractivity contribution in [3.63, 3.8) is 0 Å². The molecule has 0 radical (unpaired) electrons. The van der Waals surface area contributed by atoms with Gasteiger partial charge < -0.3 is 19.7 Å². The standard InChI is InChI=1S/C29H31Cl2N5O4/c1-17-14-19(8-9-20(17)18-10-12-35(13-11-18)28(38)40-29(2,3)4)33-27-32-15-21-25(34-27)39-16-36(26(21)37)24-22(30)6-5-7-23(24)31/h5-9,14-15,18H,10-13,16H2,1-4H3,(H,32,33,34). The summed E-state index contributed by atoms with van der Waals surface area (Å²) in [5, 5.41) is 3.90. The number of ether oxygens (including phenoxy) is 2. The molecule has 1 aromatic heterocycles. The molecule has 2 aliphatic rings. The summed E-state index contributed by atoms with van der Waals surface area (Å²) < 4.78 is 11.3. The molecular weight excluding hydrogens is 553 g/mol. The van der Waals surface area contributed by atoms with Crippen molar-refractivity contribution in [3.05, 3.63) is 69.3 Å². The summed E-state index contributed by atoms with van der Waals surface area (Å²) in [6.45, 7) is 8.97. The van der Waals surface area contributed by atoms with Gasteiger partial charge in [-0.3, -0.25) is 9.69 Å². The minimum atomic E-state index is -0.498. The zero-order valence-electron chi connectivity index (χ0n) is 22.8. The highest BCUT2D eigenvalue weighted by Gasteiger charge is 2.32. The van der Waals surface area contributed by atoms with Gasteiger partial charge in [0.05, 0.1) is 15.7 Å². The molecule has 210 valence electrons. The second-order valence-electron chi connectivity index (χ2n) is 10.9. The van der Waals surface area contributed by atoms with E-state index in [0.717, 1.165) is 24.1 Å². The Labute approximate surface area is 243 Å². The normalized spacial score (nSPS) is 15.9. The monoisotopic (exact) mass is 583 g/mol. The highest BCUT2D eigenvalue weighted by Crippen LogP contribution is 2.37. The smallest absolute Gasteiger partial charge is 0.410 e. The van der Waals surface area contributed by atoms with E-state index in [1.807, 2.05) is 32.9 Å². The van der Waals surface area contributed by atoms with Crippen molar-refractivity contribution in [1.29, 1.82) is 0 Å². The number of likely N-dealkylation sites (tertiary alicyclic amines) is 1. The van der Waals surface area contributed by atoms with Gasteiger partial charge in [0, 0.05) is 25.0 Å². The molecule has 2 aliphatic heterocycles. The third-order valence-electron chi connectivity index (χ3n) is 6.88. The van der Waals surface area contributed by atoms with Crippen molar-refractivity contribution in [2.24, 2.45) is 0 Å². The van der Waals surface area contributed by atoms with Crippen molar-refractivity contribution in [3.8, 4) is 5.88 Å². The Bertz CT molecular complexity index is 1430. The number of aryl methyl sites for hydroxylation is 1. The summed E-state index contributed by atoms with van der Waals surface area (Å²) in [5.74, 6) is 0.517. The second-order valence-corrected chi connectivity index (χ2v) is 11.7. The molecule has 0 aliphatic carbocycles. The van der Waals surface area contributed by atoms with Crippen molar-refractivity contribution < 1.29 is 19.1 Å². The van der Waals surface area contributed by atoms with Crippen LogP contribution in [0.25, 0.3) is 0 Å². The number of nitrogens with one attached hydrogen (secondary N) is 1. The van der Waals surface area contributed by atoms with Crippen LogP contribution in [0.4, 0.5) is 22.1 Å². The molecule has 40 heavy (non-hydrogen) atoms. The second kappa shape index (κ2) is 11.1. The van der Waals surface area contributed by atoms with Gasteiger partial charge in [-0.2, -0.15) is 4.98 Å². The van der Waals surface area contributed by atoms with Crippen molar-refractivity contribution in [2.75, 3.05) is 30.0 Å². The molecule has 0 bridgehead atoms. The number of hydrogen-bond donors (Lipinski definition) is 1. The Kier molecular flexibility index (Phi) is 7.79. The Balaban J connectivity index is 1.24. The summed E-state index contributed by atoms with van der Waals surface area (Å²) in [6, 6.07) is 11.2. The van der Waals surface area contributed by atoms with Crippen molar-refractivity contribution in [2.45, 2.75) is 52.1 Å². The minimum Gasteiger partial charge on any atom is -0.455 e. The van der Waals surface area contributed by atoms with Gasteiger partial charge in [-0.1, -0.05) is 35.3 Å². The van der Waals surface area contributed by atoms with Crippen LogP contribution in [-0.2, 0) is 4.74 Å². The van der Waals surface area contributed by atoms with E-state index in [4.69, 9.17) is 32.7 Å². The summed E-state index contributed by atoms with van der Waals surface area (Å²) in [7, 11) is 0. The van der Waals surface area contributed by atoms with Gasteiger partial charge in [0.2, 0.25) is 11.8 Å². The molecule has 3 heterocycles. The number of piperidine rings is 1. The van der Waals surface area contributed by atoms with Crippen molar-refractivity contribution in [1.82, 2.24) is 14.9 Å². The maximum atomic E-state index is 13.1. The summed E-state index contributed by atoms with van der Waals surface area (Å²) in [5.41, 5.74) is 3.32. The third kappa shape index (κ3) is 5.95. The van der Waals surface area contributed by atoms with Gasteiger partial charge in [0.25, 0.3) is 5.91 Å². The maximum absolute atomic E-state index is 13.1. The van der Waals surface area contributed by atoms with E-state index < -0.39 is 5.60 Å². The van der Waals surface area contributed by atoms with Crippen LogP contribution in [0, 0.1) is 6.92 Å². The molecule has 0 spiro atoms. The van der Waals surface area contributed by atoms with Crippen molar-refractivity contribution >= 4 is 52.5 Å². The zero-order valence-corrected chi connectivity index (χ0v) is 24.3. The van der Waals surface area contributed by atoms with Gasteiger partial charge in [0.1, 0.15) is 11.2 Å². The molecular formula is C29H31Cl2N5O4. The number of carbonyl (C=O) groups is 2. The molecule has 1 fully saturated rings. The number of halogens is 2. The molecule has 11 heteroatoms. The van der Waals surface area contributed by atoms with E-state index >= 15 is 0 Å². The number of anilines is 3. The number of benzene rings is 2. The lowest BCUT2D eigenvalue weighted by Gasteiger charge is -2.34. The van der Waals surface area contributed by atoms with E-state index in [2.05, 4.69) is 28.3 Å². The highest BCUT2D eigenvalue weighted by molar-refractivity contribution is 6.40. The maximum Gasteiger partial charge on any atom is 0.410 e. The number of rotatable bonds is 4. The third-order valence-corrected chi connectivity index (χ3v) is 7.49. The lowest BCUT2D eigenvalue weighted by Crippen LogP contribution is -2.41. The fraction of sp³-hybridized carbons (Fsp3) is 0.379. The molecule has 2 aromatic carbocycles. The molecule has 0 atom stereocenters.